The second-order valence-electron chi connectivity index (χ2n) is 5.47. The molecule has 0 radical (unpaired) electrons. The van der Waals surface area contributed by atoms with Gasteiger partial charge in [-0.3, -0.25) is 4.57 Å². The molecule has 2 aromatic rings. The topological polar surface area (TPSA) is 87.0 Å². The Morgan fingerprint density at radius 2 is 1.95 bits per heavy atom. The lowest BCUT2D eigenvalue weighted by molar-refractivity contribution is 0.141. The van der Waals surface area contributed by atoms with E-state index in [4.69, 9.17) is 12.2 Å². The van der Waals surface area contributed by atoms with Gasteiger partial charge in [0.05, 0.1) is 5.69 Å². The second-order valence-corrected chi connectivity index (χ2v) is 5.86. The first-order valence-electron chi connectivity index (χ1n) is 6.79. The molecular weight excluding hydrogens is 276 g/mol. The molecule has 1 aliphatic carbocycles. The van der Waals surface area contributed by atoms with E-state index in [1.807, 2.05) is 11.5 Å². The average Bonchev–Trinajstić information content (AvgIpc) is 2.99. The third-order valence-corrected chi connectivity index (χ3v) is 4.64. The SMILES string of the molecule is Cc1ncnc2c1[nH]c(=S)n2C1C[C@@H](CO)[C@@H](CO)C1. The quantitative estimate of drug-likeness (QED) is 0.744. The van der Waals surface area contributed by atoms with E-state index in [0.717, 1.165) is 29.7 Å². The summed E-state index contributed by atoms with van der Waals surface area (Å²) in [5.74, 6) is 0.250. The lowest BCUT2D eigenvalue weighted by Crippen LogP contribution is -2.15. The number of aliphatic hydroxyl groups excluding tert-OH is 2. The molecular formula is C13H18N4O2S. The lowest BCUT2D eigenvalue weighted by Gasteiger charge is -2.12. The number of aromatic amines is 1. The molecule has 3 N–H and O–H groups in total. The number of aromatic nitrogens is 4. The first-order valence-corrected chi connectivity index (χ1v) is 7.20. The molecule has 0 aliphatic heterocycles. The van der Waals surface area contributed by atoms with Crippen molar-refractivity contribution in [3.8, 4) is 0 Å². The van der Waals surface area contributed by atoms with Crippen LogP contribution in [0.1, 0.15) is 24.6 Å². The predicted molar refractivity (Wildman–Crippen MR) is 76.9 cm³/mol. The Bertz CT molecular complexity index is 669. The van der Waals surface area contributed by atoms with Crippen molar-refractivity contribution in [2.45, 2.75) is 25.8 Å². The highest BCUT2D eigenvalue weighted by Gasteiger charge is 2.35. The number of hydrogen-bond donors (Lipinski definition) is 3. The zero-order chi connectivity index (χ0) is 14.3. The van der Waals surface area contributed by atoms with Crippen LogP contribution in [0.2, 0.25) is 0 Å². The smallest absolute Gasteiger partial charge is 0.179 e. The first-order chi connectivity index (χ1) is 9.65. The van der Waals surface area contributed by atoms with Crippen LogP contribution in [0.3, 0.4) is 0 Å². The maximum absolute atomic E-state index is 9.43. The van der Waals surface area contributed by atoms with Crippen molar-refractivity contribution >= 4 is 23.4 Å². The zero-order valence-corrected chi connectivity index (χ0v) is 12.1. The Labute approximate surface area is 121 Å². The zero-order valence-electron chi connectivity index (χ0n) is 11.3. The molecule has 1 aliphatic rings. The highest BCUT2D eigenvalue weighted by Crippen LogP contribution is 2.40. The lowest BCUT2D eigenvalue weighted by atomic mass is 9.98. The molecule has 0 spiro atoms. The number of fused-ring (bicyclic) bond motifs is 1. The average molecular weight is 294 g/mol. The van der Waals surface area contributed by atoms with E-state index >= 15 is 0 Å². The maximum atomic E-state index is 9.43. The number of imidazole rings is 1. The van der Waals surface area contributed by atoms with Crippen molar-refractivity contribution in [1.29, 1.82) is 0 Å². The number of aliphatic hydroxyl groups is 2. The van der Waals surface area contributed by atoms with Crippen molar-refractivity contribution in [3.63, 3.8) is 0 Å². The molecule has 108 valence electrons. The summed E-state index contributed by atoms with van der Waals surface area (Å²) in [5, 5.41) is 18.9. The van der Waals surface area contributed by atoms with Gasteiger partial charge in [0.1, 0.15) is 11.8 Å². The van der Waals surface area contributed by atoms with Crippen LogP contribution in [-0.4, -0.2) is 42.9 Å². The Morgan fingerprint density at radius 3 is 2.55 bits per heavy atom. The highest BCUT2D eigenvalue weighted by atomic mass is 32.1. The summed E-state index contributed by atoms with van der Waals surface area (Å²) >= 11 is 5.41. The molecule has 7 heteroatoms. The van der Waals surface area contributed by atoms with Crippen LogP contribution in [-0.2, 0) is 0 Å². The molecule has 1 saturated carbocycles. The van der Waals surface area contributed by atoms with Crippen LogP contribution in [0.4, 0.5) is 0 Å². The molecule has 1 unspecified atom stereocenters. The molecule has 2 aromatic heterocycles. The third-order valence-electron chi connectivity index (χ3n) is 4.35. The van der Waals surface area contributed by atoms with Gasteiger partial charge in [-0.1, -0.05) is 0 Å². The third kappa shape index (κ3) is 2.06. The van der Waals surface area contributed by atoms with Crippen LogP contribution in [0.25, 0.3) is 11.2 Å². The minimum absolute atomic E-state index is 0.103. The van der Waals surface area contributed by atoms with Crippen LogP contribution in [0.5, 0.6) is 0 Å². The highest BCUT2D eigenvalue weighted by molar-refractivity contribution is 7.71. The Morgan fingerprint density at radius 1 is 1.30 bits per heavy atom. The van der Waals surface area contributed by atoms with Gasteiger partial charge in [0.15, 0.2) is 10.4 Å². The Balaban J connectivity index is 2.05. The van der Waals surface area contributed by atoms with Gasteiger partial charge < -0.3 is 15.2 Å². The molecule has 3 rings (SSSR count). The number of aryl methyl sites for hydroxylation is 1. The number of rotatable bonds is 3. The van der Waals surface area contributed by atoms with Crippen molar-refractivity contribution < 1.29 is 10.2 Å². The van der Waals surface area contributed by atoms with Crippen molar-refractivity contribution in [2.24, 2.45) is 11.8 Å². The van der Waals surface area contributed by atoms with Crippen LogP contribution >= 0.6 is 12.2 Å². The molecule has 0 amide bonds. The number of hydrogen-bond acceptors (Lipinski definition) is 5. The van der Waals surface area contributed by atoms with E-state index in [9.17, 15) is 10.2 Å². The molecule has 0 saturated heterocycles. The molecule has 1 fully saturated rings. The molecule has 6 nitrogen and oxygen atoms in total. The van der Waals surface area contributed by atoms with Crippen LogP contribution < -0.4 is 0 Å². The fourth-order valence-corrected chi connectivity index (χ4v) is 3.57. The van der Waals surface area contributed by atoms with Crippen LogP contribution in [0, 0.1) is 23.5 Å². The fourth-order valence-electron chi connectivity index (χ4n) is 3.23. The molecule has 3 atom stereocenters. The molecule has 20 heavy (non-hydrogen) atoms. The van der Waals surface area contributed by atoms with Crippen molar-refractivity contribution in [2.75, 3.05) is 13.2 Å². The van der Waals surface area contributed by atoms with Gasteiger partial charge in [-0.2, -0.15) is 0 Å². The molecule has 2 heterocycles. The normalized spacial score (nSPS) is 26.4. The summed E-state index contributed by atoms with van der Waals surface area (Å²) in [4.78, 5) is 11.7. The van der Waals surface area contributed by atoms with Gasteiger partial charge in [0.25, 0.3) is 0 Å². The minimum atomic E-state index is 0.103. The number of nitrogens with zero attached hydrogens (tertiary/aromatic N) is 3. The van der Waals surface area contributed by atoms with E-state index in [-0.39, 0.29) is 31.1 Å². The summed E-state index contributed by atoms with van der Waals surface area (Å²) in [6.45, 7) is 2.12. The molecule has 0 bridgehead atoms. The summed E-state index contributed by atoms with van der Waals surface area (Å²) in [6.07, 6.45) is 3.16. The largest absolute Gasteiger partial charge is 0.396 e. The predicted octanol–water partition coefficient (Wildman–Crippen LogP) is 1.35. The Kier molecular flexibility index (Phi) is 3.57. The maximum Gasteiger partial charge on any atom is 0.179 e. The monoisotopic (exact) mass is 294 g/mol. The van der Waals surface area contributed by atoms with Crippen molar-refractivity contribution in [3.05, 3.63) is 16.8 Å². The first kappa shape index (κ1) is 13.7. The van der Waals surface area contributed by atoms with Crippen molar-refractivity contribution in [1.82, 2.24) is 19.5 Å². The van der Waals surface area contributed by atoms with Gasteiger partial charge in [0, 0.05) is 19.3 Å². The van der Waals surface area contributed by atoms with E-state index in [1.165, 1.54) is 0 Å². The number of nitrogens with one attached hydrogen (secondary N) is 1. The minimum Gasteiger partial charge on any atom is -0.396 e. The molecule has 0 aromatic carbocycles. The number of H-pyrrole nitrogens is 1. The fraction of sp³-hybridized carbons (Fsp3) is 0.615. The van der Waals surface area contributed by atoms with Gasteiger partial charge in [-0.25, -0.2) is 9.97 Å². The summed E-state index contributed by atoms with van der Waals surface area (Å²) < 4.78 is 2.64. The van der Waals surface area contributed by atoms with Gasteiger partial charge in [-0.05, 0) is 43.8 Å². The van der Waals surface area contributed by atoms with Gasteiger partial charge in [0.2, 0.25) is 0 Å². The Hall–Kier alpha value is -1.31. The van der Waals surface area contributed by atoms with E-state index < -0.39 is 0 Å². The summed E-state index contributed by atoms with van der Waals surface area (Å²) in [7, 11) is 0. The standard InChI is InChI=1S/C13H18N4O2S/c1-7-11-12(15-6-14-7)17(13(20)16-11)10-2-8(4-18)9(3-10)5-19/h6,8-10,18-19H,2-5H2,1H3,(H,16,20)/t8-,9+,10?. The summed E-state index contributed by atoms with van der Waals surface area (Å²) in [5.41, 5.74) is 2.54. The van der Waals surface area contributed by atoms with Gasteiger partial charge in [-0.15, -0.1) is 0 Å². The van der Waals surface area contributed by atoms with E-state index in [1.54, 1.807) is 6.33 Å². The summed E-state index contributed by atoms with van der Waals surface area (Å²) in [6, 6.07) is 0.167. The van der Waals surface area contributed by atoms with Gasteiger partial charge >= 0.3 is 0 Å². The van der Waals surface area contributed by atoms with E-state index in [2.05, 4.69) is 15.0 Å². The van der Waals surface area contributed by atoms with Crippen LogP contribution in [0.15, 0.2) is 6.33 Å². The second kappa shape index (κ2) is 5.23. The van der Waals surface area contributed by atoms with E-state index in [0.29, 0.717) is 4.77 Å².